The van der Waals surface area contributed by atoms with E-state index in [-0.39, 0.29) is 11.3 Å². The Morgan fingerprint density at radius 1 is 1.03 bits per heavy atom. The summed E-state index contributed by atoms with van der Waals surface area (Å²) in [4.78, 5) is 29.4. The summed E-state index contributed by atoms with van der Waals surface area (Å²) >= 11 is 0. The lowest BCUT2D eigenvalue weighted by Crippen LogP contribution is -2.35. The van der Waals surface area contributed by atoms with E-state index in [4.69, 9.17) is 9.47 Å². The first-order valence-corrected chi connectivity index (χ1v) is 10.0. The highest BCUT2D eigenvalue weighted by Crippen LogP contribution is 2.41. The molecule has 1 aliphatic heterocycles. The molecule has 1 N–H and O–H groups in total. The van der Waals surface area contributed by atoms with Crippen LogP contribution in [0.2, 0.25) is 0 Å². The number of aliphatic hydroxyl groups excluding tert-OH is 1. The van der Waals surface area contributed by atoms with Crippen LogP contribution in [0.4, 0.5) is 0 Å². The quantitative estimate of drug-likeness (QED) is 0.418. The maximum absolute atomic E-state index is 13.0. The second-order valence-corrected chi connectivity index (χ2v) is 7.78. The van der Waals surface area contributed by atoms with E-state index < -0.39 is 17.7 Å². The first kappa shape index (κ1) is 22.4. The van der Waals surface area contributed by atoms with E-state index in [0.29, 0.717) is 35.7 Å². The minimum atomic E-state index is -0.735. The number of carbonyl (C=O) groups is 2. The molecule has 1 heterocycles. The van der Waals surface area contributed by atoms with Crippen molar-refractivity contribution < 1.29 is 24.2 Å². The van der Waals surface area contributed by atoms with Crippen LogP contribution < -0.4 is 9.47 Å². The van der Waals surface area contributed by atoms with Gasteiger partial charge in [-0.15, -0.1) is 0 Å². The molecule has 1 amide bonds. The number of aliphatic hydroxyl groups is 1. The van der Waals surface area contributed by atoms with Gasteiger partial charge in [-0.05, 0) is 38.7 Å². The van der Waals surface area contributed by atoms with E-state index >= 15 is 0 Å². The molecule has 0 spiro atoms. The molecule has 2 aromatic carbocycles. The first-order chi connectivity index (χ1) is 14.8. The number of aryl methyl sites for hydroxylation is 1. The number of methoxy groups -OCH3 is 2. The second-order valence-electron chi connectivity index (χ2n) is 7.78. The molecule has 3 rings (SSSR count). The Kier molecular flexibility index (Phi) is 6.65. The van der Waals surface area contributed by atoms with Gasteiger partial charge in [-0.25, -0.2) is 0 Å². The minimum Gasteiger partial charge on any atom is -0.507 e. The molecule has 1 fully saturated rings. The molecule has 7 heteroatoms. The number of amides is 1. The van der Waals surface area contributed by atoms with Gasteiger partial charge in [0.2, 0.25) is 0 Å². The van der Waals surface area contributed by atoms with E-state index in [2.05, 4.69) is 0 Å². The number of ether oxygens (including phenoxy) is 2. The Balaban J connectivity index is 2.18. The van der Waals surface area contributed by atoms with Crippen molar-refractivity contribution in [3.8, 4) is 11.5 Å². The van der Waals surface area contributed by atoms with Gasteiger partial charge in [0.25, 0.3) is 11.7 Å². The van der Waals surface area contributed by atoms with Gasteiger partial charge in [0, 0.05) is 18.7 Å². The molecular weight excluding hydrogens is 396 g/mol. The van der Waals surface area contributed by atoms with Gasteiger partial charge in [0.15, 0.2) is 11.5 Å². The number of carbonyl (C=O) groups excluding carboxylic acids is 2. The second kappa shape index (κ2) is 9.22. The van der Waals surface area contributed by atoms with Crippen molar-refractivity contribution in [2.24, 2.45) is 0 Å². The summed E-state index contributed by atoms with van der Waals surface area (Å²) in [6, 6.07) is 11.7. The third-order valence-corrected chi connectivity index (χ3v) is 5.38. The summed E-state index contributed by atoms with van der Waals surface area (Å²) in [6.07, 6.45) is 0. The summed E-state index contributed by atoms with van der Waals surface area (Å²) < 4.78 is 10.7. The van der Waals surface area contributed by atoms with Gasteiger partial charge < -0.3 is 24.4 Å². The van der Waals surface area contributed by atoms with Crippen molar-refractivity contribution in [1.82, 2.24) is 9.80 Å². The zero-order valence-electron chi connectivity index (χ0n) is 18.5. The Bertz CT molecular complexity index is 1010. The van der Waals surface area contributed by atoms with Crippen LogP contribution in [0, 0.1) is 6.92 Å². The molecule has 0 aromatic heterocycles. The molecule has 0 saturated carbocycles. The average molecular weight is 424 g/mol. The maximum atomic E-state index is 13.0. The van der Waals surface area contributed by atoms with Crippen LogP contribution in [0.5, 0.6) is 11.5 Å². The molecular formula is C24H28N2O5. The van der Waals surface area contributed by atoms with Gasteiger partial charge in [-0.1, -0.05) is 35.9 Å². The van der Waals surface area contributed by atoms with Gasteiger partial charge in [-0.3, -0.25) is 9.59 Å². The van der Waals surface area contributed by atoms with Gasteiger partial charge in [-0.2, -0.15) is 0 Å². The number of hydrogen-bond acceptors (Lipinski definition) is 6. The molecule has 164 valence electrons. The zero-order chi connectivity index (χ0) is 22.7. The predicted molar refractivity (Wildman–Crippen MR) is 118 cm³/mol. The fourth-order valence-electron chi connectivity index (χ4n) is 3.65. The number of nitrogens with zero attached hydrogens (tertiary/aromatic N) is 2. The van der Waals surface area contributed by atoms with Crippen LogP contribution in [0.15, 0.2) is 48.0 Å². The Labute approximate surface area is 182 Å². The lowest BCUT2D eigenvalue weighted by atomic mass is 9.94. The maximum Gasteiger partial charge on any atom is 0.295 e. The van der Waals surface area contributed by atoms with Crippen LogP contribution >= 0.6 is 0 Å². The molecule has 1 saturated heterocycles. The Morgan fingerprint density at radius 3 is 2.26 bits per heavy atom. The monoisotopic (exact) mass is 424 g/mol. The van der Waals surface area contributed by atoms with E-state index in [1.54, 1.807) is 30.3 Å². The zero-order valence-corrected chi connectivity index (χ0v) is 18.5. The SMILES string of the molecule is COc1ccc(C2/C(=C(\O)c3ccc(C)cc3)C(=O)C(=O)N2CCN(C)C)cc1OC. The lowest BCUT2D eigenvalue weighted by Gasteiger charge is -2.27. The molecule has 1 aliphatic rings. The Morgan fingerprint density at radius 2 is 1.68 bits per heavy atom. The molecule has 0 bridgehead atoms. The normalized spacial score (nSPS) is 18.0. The fourth-order valence-corrected chi connectivity index (χ4v) is 3.65. The van der Waals surface area contributed by atoms with Crippen molar-refractivity contribution in [2.45, 2.75) is 13.0 Å². The van der Waals surface area contributed by atoms with Crippen molar-refractivity contribution in [3.05, 3.63) is 64.7 Å². The highest BCUT2D eigenvalue weighted by molar-refractivity contribution is 6.46. The summed E-state index contributed by atoms with van der Waals surface area (Å²) in [5, 5.41) is 11.1. The van der Waals surface area contributed by atoms with Crippen molar-refractivity contribution in [1.29, 1.82) is 0 Å². The van der Waals surface area contributed by atoms with Gasteiger partial charge >= 0.3 is 0 Å². The van der Waals surface area contributed by atoms with Gasteiger partial charge in [0.05, 0.1) is 25.8 Å². The highest BCUT2D eigenvalue weighted by Gasteiger charge is 2.46. The summed E-state index contributed by atoms with van der Waals surface area (Å²) in [5.41, 5.74) is 2.24. The number of ketones is 1. The summed E-state index contributed by atoms with van der Waals surface area (Å²) in [6.45, 7) is 2.84. The van der Waals surface area contributed by atoms with E-state index in [0.717, 1.165) is 5.56 Å². The third kappa shape index (κ3) is 4.41. The number of benzene rings is 2. The van der Waals surface area contributed by atoms with Crippen LogP contribution in [0.1, 0.15) is 22.7 Å². The third-order valence-electron chi connectivity index (χ3n) is 5.38. The van der Waals surface area contributed by atoms with E-state index in [1.165, 1.54) is 19.1 Å². The lowest BCUT2D eigenvalue weighted by molar-refractivity contribution is -0.140. The summed E-state index contributed by atoms with van der Waals surface area (Å²) in [7, 11) is 6.86. The molecule has 2 aromatic rings. The number of Topliss-reactive ketones (excluding diaryl/α,β-unsaturated/α-hetero) is 1. The van der Waals surface area contributed by atoms with Crippen molar-refractivity contribution in [3.63, 3.8) is 0 Å². The summed E-state index contributed by atoms with van der Waals surface area (Å²) in [5.74, 6) is -0.499. The highest BCUT2D eigenvalue weighted by atomic mass is 16.5. The van der Waals surface area contributed by atoms with Crippen LogP contribution in [-0.4, -0.2) is 68.0 Å². The molecule has 7 nitrogen and oxygen atoms in total. The first-order valence-electron chi connectivity index (χ1n) is 10.0. The smallest absolute Gasteiger partial charge is 0.295 e. The van der Waals surface area contributed by atoms with Gasteiger partial charge in [0.1, 0.15) is 5.76 Å². The number of likely N-dealkylation sites (tertiary alicyclic amines) is 1. The predicted octanol–water partition coefficient (Wildman–Crippen LogP) is 3.00. The number of hydrogen-bond donors (Lipinski definition) is 1. The largest absolute Gasteiger partial charge is 0.507 e. The standard InChI is InChI=1S/C24H28N2O5/c1-15-6-8-16(9-7-15)22(27)20-21(17-10-11-18(30-4)19(14-17)31-5)26(13-12-25(2)3)24(29)23(20)28/h6-11,14,21,27H,12-13H2,1-5H3/b22-20+. The molecule has 31 heavy (non-hydrogen) atoms. The average Bonchev–Trinajstić information content (AvgIpc) is 3.01. The molecule has 0 radical (unpaired) electrons. The fraction of sp³-hybridized carbons (Fsp3) is 0.333. The van der Waals surface area contributed by atoms with E-state index in [1.807, 2.05) is 38.1 Å². The van der Waals surface area contributed by atoms with Crippen LogP contribution in [-0.2, 0) is 9.59 Å². The van der Waals surface area contributed by atoms with E-state index in [9.17, 15) is 14.7 Å². The van der Waals surface area contributed by atoms with Crippen LogP contribution in [0.3, 0.4) is 0 Å². The molecule has 1 unspecified atom stereocenters. The van der Waals surface area contributed by atoms with Crippen LogP contribution in [0.25, 0.3) is 5.76 Å². The minimum absolute atomic E-state index is 0.0693. The molecule has 1 atom stereocenters. The molecule has 0 aliphatic carbocycles. The number of likely N-dealkylation sites (N-methyl/N-ethyl adjacent to an activating group) is 1. The number of rotatable bonds is 7. The Hall–Kier alpha value is -3.32. The van der Waals surface area contributed by atoms with Crippen molar-refractivity contribution in [2.75, 3.05) is 41.4 Å². The van der Waals surface area contributed by atoms with Crippen molar-refractivity contribution >= 4 is 17.4 Å². The topological polar surface area (TPSA) is 79.3 Å².